The number of allylic oxidation sites excluding steroid dienone is 1. The average molecular weight is 208 g/mol. The second-order valence-corrected chi connectivity index (χ2v) is 3.08. The van der Waals surface area contributed by atoms with Gasteiger partial charge < -0.3 is 4.74 Å². The van der Waals surface area contributed by atoms with Gasteiger partial charge in [-0.1, -0.05) is 12.2 Å². The lowest BCUT2D eigenvalue weighted by molar-refractivity contribution is 0.101. The Balaban J connectivity index is 2.79. The number of ether oxygens (including phenoxy) is 1. The van der Waals surface area contributed by atoms with E-state index in [-0.39, 0.29) is 11.5 Å². The first-order chi connectivity index (χ1) is 7.15. The van der Waals surface area contributed by atoms with Crippen LogP contribution < -0.4 is 4.74 Å². The van der Waals surface area contributed by atoms with Gasteiger partial charge in [-0.15, -0.1) is 0 Å². The quantitative estimate of drug-likeness (QED) is 0.561. The van der Waals surface area contributed by atoms with E-state index in [0.29, 0.717) is 12.2 Å². The Morgan fingerprint density at radius 1 is 1.53 bits per heavy atom. The fourth-order valence-corrected chi connectivity index (χ4v) is 1.07. The molecule has 0 aromatic heterocycles. The van der Waals surface area contributed by atoms with E-state index >= 15 is 0 Å². The Morgan fingerprint density at radius 2 is 2.27 bits per heavy atom. The Morgan fingerprint density at radius 3 is 2.80 bits per heavy atom. The lowest BCUT2D eigenvalue weighted by atomic mass is 10.1. The molecule has 0 fully saturated rings. The summed E-state index contributed by atoms with van der Waals surface area (Å²) in [6.45, 7) is 3.58. The van der Waals surface area contributed by atoms with Gasteiger partial charge in [-0.2, -0.15) is 0 Å². The molecule has 1 aromatic carbocycles. The molecule has 0 N–H and O–H groups in total. The Kier molecular flexibility index (Phi) is 4.03. The number of carbonyl (C=O) groups is 1. The topological polar surface area (TPSA) is 26.3 Å². The fourth-order valence-electron chi connectivity index (χ4n) is 1.07. The highest BCUT2D eigenvalue weighted by Crippen LogP contribution is 2.18. The third-order valence-electron chi connectivity index (χ3n) is 1.91. The van der Waals surface area contributed by atoms with Gasteiger partial charge in [-0.25, -0.2) is 4.39 Å². The number of hydrogen-bond donors (Lipinski definition) is 0. The molecule has 0 atom stereocenters. The number of halogens is 1. The van der Waals surface area contributed by atoms with Crippen molar-refractivity contribution in [1.29, 1.82) is 0 Å². The highest BCUT2D eigenvalue weighted by molar-refractivity contribution is 5.94. The van der Waals surface area contributed by atoms with E-state index < -0.39 is 5.82 Å². The molecule has 1 aromatic rings. The van der Waals surface area contributed by atoms with Crippen molar-refractivity contribution in [2.75, 3.05) is 6.61 Å². The first-order valence-corrected chi connectivity index (χ1v) is 4.69. The lowest BCUT2D eigenvalue weighted by Gasteiger charge is -2.05. The van der Waals surface area contributed by atoms with Crippen LogP contribution in [0.5, 0.6) is 5.75 Å². The molecule has 0 amide bonds. The molecule has 15 heavy (non-hydrogen) atoms. The molecule has 0 saturated heterocycles. The standard InChI is InChI=1S/C12H13FO2/c1-3-4-7-15-12-6-5-10(9(2)14)8-11(12)13/h3-6,8H,7H2,1-2H3. The SMILES string of the molecule is CC=CCOc1ccc(C(C)=O)cc1F. The van der Waals surface area contributed by atoms with Crippen molar-refractivity contribution in [3.05, 3.63) is 41.7 Å². The largest absolute Gasteiger partial charge is 0.486 e. The molecule has 1 rings (SSSR count). The van der Waals surface area contributed by atoms with Crippen LogP contribution in [0.2, 0.25) is 0 Å². The van der Waals surface area contributed by atoms with Crippen molar-refractivity contribution < 1.29 is 13.9 Å². The van der Waals surface area contributed by atoms with Crippen molar-refractivity contribution in [2.45, 2.75) is 13.8 Å². The van der Waals surface area contributed by atoms with Gasteiger partial charge in [-0.05, 0) is 32.0 Å². The predicted octanol–water partition coefficient (Wildman–Crippen LogP) is 2.98. The summed E-state index contributed by atoms with van der Waals surface area (Å²) < 4.78 is 18.5. The second-order valence-electron chi connectivity index (χ2n) is 3.08. The number of ketones is 1. The maximum Gasteiger partial charge on any atom is 0.165 e. The summed E-state index contributed by atoms with van der Waals surface area (Å²) in [5.74, 6) is -0.501. The molecule has 0 unspecified atom stereocenters. The average Bonchev–Trinajstić information content (AvgIpc) is 2.20. The molecule has 0 radical (unpaired) electrons. The molecule has 0 aliphatic heterocycles. The monoisotopic (exact) mass is 208 g/mol. The number of carbonyl (C=O) groups excluding carboxylic acids is 1. The first kappa shape index (κ1) is 11.4. The van der Waals surface area contributed by atoms with E-state index in [4.69, 9.17) is 4.74 Å². The van der Waals surface area contributed by atoms with Gasteiger partial charge in [0.1, 0.15) is 6.61 Å². The van der Waals surface area contributed by atoms with Crippen LogP contribution in [-0.2, 0) is 0 Å². The molecular formula is C12H13FO2. The van der Waals surface area contributed by atoms with Crippen LogP contribution in [0.4, 0.5) is 4.39 Å². The normalized spacial score (nSPS) is 10.6. The number of rotatable bonds is 4. The van der Waals surface area contributed by atoms with Crippen molar-refractivity contribution in [3.8, 4) is 5.75 Å². The Bertz CT molecular complexity index is 383. The van der Waals surface area contributed by atoms with Crippen LogP contribution in [0.1, 0.15) is 24.2 Å². The van der Waals surface area contributed by atoms with Crippen molar-refractivity contribution in [1.82, 2.24) is 0 Å². The molecular weight excluding hydrogens is 195 g/mol. The molecule has 80 valence electrons. The zero-order valence-electron chi connectivity index (χ0n) is 8.79. The number of benzene rings is 1. The minimum Gasteiger partial charge on any atom is -0.486 e. The summed E-state index contributed by atoms with van der Waals surface area (Å²) in [7, 11) is 0. The van der Waals surface area contributed by atoms with Gasteiger partial charge in [-0.3, -0.25) is 4.79 Å². The number of Topliss-reactive ketones (excluding diaryl/α,β-unsaturated/α-hetero) is 1. The van der Waals surface area contributed by atoms with Gasteiger partial charge in [0, 0.05) is 5.56 Å². The highest BCUT2D eigenvalue weighted by Gasteiger charge is 2.06. The van der Waals surface area contributed by atoms with E-state index in [0.717, 1.165) is 0 Å². The summed E-state index contributed by atoms with van der Waals surface area (Å²) in [5.41, 5.74) is 0.353. The lowest BCUT2D eigenvalue weighted by Crippen LogP contribution is -1.98. The van der Waals surface area contributed by atoms with E-state index in [1.807, 2.05) is 13.0 Å². The molecule has 0 heterocycles. The molecule has 0 bridgehead atoms. The molecule has 0 spiro atoms. The predicted molar refractivity (Wildman–Crippen MR) is 56.7 cm³/mol. The van der Waals surface area contributed by atoms with Crippen LogP contribution in [0.25, 0.3) is 0 Å². The van der Waals surface area contributed by atoms with Crippen LogP contribution in [-0.4, -0.2) is 12.4 Å². The molecule has 0 aliphatic carbocycles. The van der Waals surface area contributed by atoms with Crippen molar-refractivity contribution >= 4 is 5.78 Å². The van der Waals surface area contributed by atoms with Crippen molar-refractivity contribution in [2.24, 2.45) is 0 Å². The van der Waals surface area contributed by atoms with Crippen molar-refractivity contribution in [3.63, 3.8) is 0 Å². The summed E-state index contributed by atoms with van der Waals surface area (Å²) in [6, 6.07) is 4.21. The van der Waals surface area contributed by atoms with E-state index in [1.54, 1.807) is 12.1 Å². The maximum atomic E-state index is 13.3. The van der Waals surface area contributed by atoms with Crippen LogP contribution in [0.3, 0.4) is 0 Å². The minimum absolute atomic E-state index is 0.158. The van der Waals surface area contributed by atoms with Gasteiger partial charge in [0.25, 0.3) is 0 Å². The third kappa shape index (κ3) is 3.20. The first-order valence-electron chi connectivity index (χ1n) is 4.69. The van der Waals surface area contributed by atoms with Gasteiger partial charge >= 0.3 is 0 Å². The van der Waals surface area contributed by atoms with Gasteiger partial charge in [0.2, 0.25) is 0 Å². The smallest absolute Gasteiger partial charge is 0.165 e. The van der Waals surface area contributed by atoms with Crippen LogP contribution >= 0.6 is 0 Å². The van der Waals surface area contributed by atoms with Crippen LogP contribution in [0.15, 0.2) is 30.4 Å². The maximum absolute atomic E-state index is 13.3. The number of hydrogen-bond acceptors (Lipinski definition) is 2. The zero-order valence-corrected chi connectivity index (χ0v) is 8.79. The fraction of sp³-hybridized carbons (Fsp3) is 0.250. The highest BCUT2D eigenvalue weighted by atomic mass is 19.1. The Labute approximate surface area is 88.4 Å². The molecule has 0 saturated carbocycles. The zero-order chi connectivity index (χ0) is 11.3. The third-order valence-corrected chi connectivity index (χ3v) is 1.91. The molecule has 0 aliphatic rings. The van der Waals surface area contributed by atoms with E-state index in [1.165, 1.54) is 19.1 Å². The van der Waals surface area contributed by atoms with Gasteiger partial charge in [0.05, 0.1) is 0 Å². The van der Waals surface area contributed by atoms with Crippen LogP contribution in [0, 0.1) is 5.82 Å². The second kappa shape index (κ2) is 5.29. The molecule has 2 nitrogen and oxygen atoms in total. The molecule has 3 heteroatoms. The van der Waals surface area contributed by atoms with Gasteiger partial charge in [0.15, 0.2) is 17.3 Å². The summed E-state index contributed by atoms with van der Waals surface area (Å²) in [6.07, 6.45) is 3.60. The summed E-state index contributed by atoms with van der Waals surface area (Å²) >= 11 is 0. The van der Waals surface area contributed by atoms with E-state index in [9.17, 15) is 9.18 Å². The van der Waals surface area contributed by atoms with E-state index in [2.05, 4.69) is 0 Å². The Hall–Kier alpha value is -1.64. The summed E-state index contributed by atoms with van der Waals surface area (Å²) in [4.78, 5) is 11.0. The summed E-state index contributed by atoms with van der Waals surface area (Å²) in [5, 5.41) is 0. The minimum atomic E-state index is -0.507.